The molecule has 2 aromatic heterocycles. The topological polar surface area (TPSA) is 55.3 Å². The lowest BCUT2D eigenvalue weighted by Crippen LogP contribution is -2.29. The minimum absolute atomic E-state index is 0.201. The number of hydrogen-bond donors (Lipinski definition) is 0. The molecule has 3 rings (SSSR count). The molecule has 136 valence electrons. The first-order chi connectivity index (χ1) is 12.6. The number of rotatable bonds is 7. The molecule has 0 bridgehead atoms. The molecule has 0 saturated carbocycles. The number of carbonyl (C=O) groups is 1. The van der Waals surface area contributed by atoms with Crippen molar-refractivity contribution in [2.45, 2.75) is 26.4 Å². The van der Waals surface area contributed by atoms with Gasteiger partial charge in [-0.2, -0.15) is 0 Å². The van der Waals surface area contributed by atoms with Gasteiger partial charge in [0.15, 0.2) is 0 Å². The summed E-state index contributed by atoms with van der Waals surface area (Å²) in [4.78, 5) is 23.9. The van der Waals surface area contributed by atoms with Crippen molar-refractivity contribution >= 4 is 39.8 Å². The Morgan fingerprint density at radius 3 is 2.85 bits per heavy atom. The second-order valence-electron chi connectivity index (χ2n) is 5.90. The fourth-order valence-corrected chi connectivity index (χ4v) is 3.91. The molecule has 0 amide bonds. The molecule has 0 aliphatic rings. The van der Waals surface area contributed by atoms with Crippen molar-refractivity contribution in [1.29, 1.82) is 0 Å². The zero-order valence-electron chi connectivity index (χ0n) is 14.7. The van der Waals surface area contributed by atoms with Crippen LogP contribution in [0.1, 0.15) is 22.4 Å². The van der Waals surface area contributed by atoms with E-state index in [1.54, 1.807) is 17.5 Å². The van der Waals surface area contributed by atoms with Crippen LogP contribution in [0.15, 0.2) is 36.7 Å². The summed E-state index contributed by atoms with van der Waals surface area (Å²) < 4.78 is 4.86. The minimum atomic E-state index is -0.267. The maximum absolute atomic E-state index is 11.9. The van der Waals surface area contributed by atoms with E-state index < -0.39 is 0 Å². The van der Waals surface area contributed by atoms with Crippen LogP contribution in [-0.2, 0) is 29.0 Å². The third-order valence-electron chi connectivity index (χ3n) is 4.06. The second-order valence-corrected chi connectivity index (χ2v) is 7.51. The van der Waals surface area contributed by atoms with E-state index in [2.05, 4.69) is 16.9 Å². The fraction of sp³-hybridized carbons (Fsp3) is 0.316. The van der Waals surface area contributed by atoms with Gasteiger partial charge < -0.3 is 4.74 Å². The standard InChI is InChI=1S/C19H20ClN3O2S/c1-3-17-22-9-14(26-17)11-23(12-18(24)25-2)10-13-6-7-16(20)15-5-4-8-21-19(13)15/h4-9H,3,10-12H2,1-2H3. The lowest BCUT2D eigenvalue weighted by molar-refractivity contribution is -0.142. The Hall–Kier alpha value is -2.02. The predicted molar refractivity (Wildman–Crippen MR) is 104 cm³/mol. The molecule has 0 aliphatic heterocycles. The van der Waals surface area contributed by atoms with Crippen LogP contribution >= 0.6 is 22.9 Å². The van der Waals surface area contributed by atoms with Crippen molar-refractivity contribution in [2.75, 3.05) is 13.7 Å². The van der Waals surface area contributed by atoms with Gasteiger partial charge in [-0.15, -0.1) is 11.3 Å². The smallest absolute Gasteiger partial charge is 0.319 e. The van der Waals surface area contributed by atoms with Gasteiger partial charge in [0.1, 0.15) is 0 Å². The van der Waals surface area contributed by atoms with E-state index in [4.69, 9.17) is 16.3 Å². The summed E-state index contributed by atoms with van der Waals surface area (Å²) in [5.41, 5.74) is 1.88. The zero-order valence-corrected chi connectivity index (χ0v) is 16.3. The number of nitrogens with zero attached hydrogens (tertiary/aromatic N) is 3. The van der Waals surface area contributed by atoms with Gasteiger partial charge in [-0.1, -0.05) is 24.6 Å². The van der Waals surface area contributed by atoms with Crippen molar-refractivity contribution < 1.29 is 9.53 Å². The molecule has 2 heterocycles. The average Bonchev–Trinajstić information content (AvgIpc) is 3.11. The Bertz CT molecular complexity index is 913. The summed E-state index contributed by atoms with van der Waals surface area (Å²) in [5, 5.41) is 2.68. The number of fused-ring (bicyclic) bond motifs is 1. The van der Waals surface area contributed by atoms with Gasteiger partial charge in [0.05, 0.1) is 24.2 Å². The Morgan fingerprint density at radius 1 is 1.27 bits per heavy atom. The fourth-order valence-electron chi connectivity index (χ4n) is 2.78. The molecule has 26 heavy (non-hydrogen) atoms. The monoisotopic (exact) mass is 389 g/mol. The van der Waals surface area contributed by atoms with E-state index in [0.29, 0.717) is 18.1 Å². The van der Waals surface area contributed by atoms with Crippen LogP contribution in [0, 0.1) is 0 Å². The molecule has 0 N–H and O–H groups in total. The summed E-state index contributed by atoms with van der Waals surface area (Å²) in [6.45, 7) is 3.48. The normalized spacial score (nSPS) is 11.2. The lowest BCUT2D eigenvalue weighted by Gasteiger charge is -2.21. The summed E-state index contributed by atoms with van der Waals surface area (Å²) in [5.74, 6) is -0.267. The van der Waals surface area contributed by atoms with Gasteiger partial charge in [-0.25, -0.2) is 4.98 Å². The minimum Gasteiger partial charge on any atom is -0.468 e. The molecule has 0 aliphatic carbocycles. The molecular formula is C19H20ClN3O2S. The van der Waals surface area contributed by atoms with Crippen LogP contribution in [0.25, 0.3) is 10.9 Å². The van der Waals surface area contributed by atoms with E-state index in [1.165, 1.54) is 7.11 Å². The maximum Gasteiger partial charge on any atom is 0.319 e. The van der Waals surface area contributed by atoms with Gasteiger partial charge in [0.2, 0.25) is 0 Å². The van der Waals surface area contributed by atoms with Crippen molar-refractivity contribution in [2.24, 2.45) is 0 Å². The molecular weight excluding hydrogens is 370 g/mol. The maximum atomic E-state index is 11.9. The highest BCUT2D eigenvalue weighted by molar-refractivity contribution is 7.11. The molecule has 1 aromatic carbocycles. The van der Waals surface area contributed by atoms with Crippen molar-refractivity contribution in [3.8, 4) is 0 Å². The number of esters is 1. The molecule has 0 atom stereocenters. The molecule has 0 radical (unpaired) electrons. The lowest BCUT2D eigenvalue weighted by atomic mass is 10.1. The highest BCUT2D eigenvalue weighted by Crippen LogP contribution is 2.26. The van der Waals surface area contributed by atoms with Gasteiger partial charge in [-0.3, -0.25) is 14.7 Å². The first kappa shape index (κ1) is 18.8. The number of methoxy groups -OCH3 is 1. The number of ether oxygens (including phenoxy) is 1. The highest BCUT2D eigenvalue weighted by Gasteiger charge is 2.16. The predicted octanol–water partition coefficient (Wildman–Crippen LogP) is 4.08. The van der Waals surface area contributed by atoms with Crippen LogP contribution in [-0.4, -0.2) is 34.5 Å². The Balaban J connectivity index is 1.87. The van der Waals surface area contributed by atoms with Crippen molar-refractivity contribution in [3.05, 3.63) is 57.1 Å². The first-order valence-corrected chi connectivity index (χ1v) is 9.55. The highest BCUT2D eigenvalue weighted by atomic mass is 35.5. The number of aryl methyl sites for hydroxylation is 1. The quantitative estimate of drug-likeness (QED) is 0.570. The van der Waals surface area contributed by atoms with E-state index >= 15 is 0 Å². The summed E-state index contributed by atoms with van der Waals surface area (Å²) >= 11 is 7.96. The third-order valence-corrected chi connectivity index (χ3v) is 5.51. The molecule has 0 spiro atoms. The summed E-state index contributed by atoms with van der Waals surface area (Å²) in [6, 6.07) is 7.66. The van der Waals surface area contributed by atoms with Gasteiger partial charge in [0, 0.05) is 40.8 Å². The SMILES string of the molecule is CCc1ncc(CN(CC(=O)OC)Cc2ccc(Cl)c3cccnc23)s1. The van der Waals surface area contributed by atoms with Gasteiger partial charge in [0.25, 0.3) is 0 Å². The first-order valence-electron chi connectivity index (χ1n) is 8.35. The summed E-state index contributed by atoms with van der Waals surface area (Å²) in [6.07, 6.45) is 4.54. The number of aromatic nitrogens is 2. The molecule has 7 heteroatoms. The number of thiazole rings is 1. The molecule has 0 saturated heterocycles. The van der Waals surface area contributed by atoms with Crippen molar-refractivity contribution in [3.63, 3.8) is 0 Å². The largest absolute Gasteiger partial charge is 0.468 e. The van der Waals surface area contributed by atoms with Crippen LogP contribution in [0.4, 0.5) is 0 Å². The van der Waals surface area contributed by atoms with Crippen molar-refractivity contribution in [1.82, 2.24) is 14.9 Å². The van der Waals surface area contributed by atoms with E-state index in [9.17, 15) is 4.79 Å². The molecule has 0 unspecified atom stereocenters. The Kier molecular flexibility index (Phi) is 6.19. The Morgan fingerprint density at radius 2 is 2.12 bits per heavy atom. The average molecular weight is 390 g/mol. The molecule has 5 nitrogen and oxygen atoms in total. The third kappa shape index (κ3) is 4.38. The number of carbonyl (C=O) groups excluding carboxylic acids is 1. The molecule has 3 aromatic rings. The summed E-state index contributed by atoms with van der Waals surface area (Å²) in [7, 11) is 1.40. The van der Waals surface area contributed by atoms with Gasteiger partial charge >= 0.3 is 5.97 Å². The van der Waals surface area contributed by atoms with Crippen LogP contribution in [0.2, 0.25) is 5.02 Å². The second kappa shape index (κ2) is 8.58. The number of pyridine rings is 1. The van der Waals surface area contributed by atoms with Crippen LogP contribution < -0.4 is 0 Å². The van der Waals surface area contributed by atoms with E-state index in [0.717, 1.165) is 32.8 Å². The molecule has 0 fully saturated rings. The van der Waals surface area contributed by atoms with Crippen LogP contribution in [0.5, 0.6) is 0 Å². The number of halogens is 1. The number of hydrogen-bond acceptors (Lipinski definition) is 6. The number of benzene rings is 1. The van der Waals surface area contributed by atoms with Crippen LogP contribution in [0.3, 0.4) is 0 Å². The van der Waals surface area contributed by atoms with E-state index in [1.807, 2.05) is 35.4 Å². The van der Waals surface area contributed by atoms with Gasteiger partial charge in [-0.05, 0) is 30.2 Å². The van der Waals surface area contributed by atoms with E-state index in [-0.39, 0.29) is 12.5 Å². The Labute approximate surface area is 161 Å². The zero-order chi connectivity index (χ0) is 18.5.